The summed E-state index contributed by atoms with van der Waals surface area (Å²) in [6.45, 7) is -4.34. The molecule has 0 aliphatic carbocycles. The minimum atomic E-state index is -5.04. The van der Waals surface area contributed by atoms with Crippen LogP contribution >= 0.6 is 0 Å². The van der Waals surface area contributed by atoms with Crippen molar-refractivity contribution in [3.05, 3.63) is 36.9 Å². The lowest BCUT2D eigenvalue weighted by Gasteiger charge is -2.15. The van der Waals surface area contributed by atoms with Gasteiger partial charge in [0.2, 0.25) is 0 Å². The molecule has 0 N–H and O–H groups in total. The molecule has 0 aliphatic heterocycles. The van der Waals surface area contributed by atoms with Crippen LogP contribution in [-0.4, -0.2) is 28.3 Å². The first-order chi connectivity index (χ1) is 8.55. The zero-order chi connectivity index (χ0) is 13.0. The SMILES string of the molecule is F[B-](F)(F)c1cncc(OCCn2cccn2)c1. The molecule has 0 saturated heterocycles. The zero-order valence-corrected chi connectivity index (χ0v) is 9.34. The highest BCUT2D eigenvalue weighted by Crippen LogP contribution is 2.12. The van der Waals surface area contributed by atoms with Crippen LogP contribution in [0.3, 0.4) is 0 Å². The molecular weight excluding hydrogens is 246 g/mol. The van der Waals surface area contributed by atoms with Gasteiger partial charge in [-0.2, -0.15) is 5.10 Å². The maximum atomic E-state index is 12.5. The summed E-state index contributed by atoms with van der Waals surface area (Å²) in [5.41, 5.74) is -0.758. The van der Waals surface area contributed by atoms with Crippen LogP contribution in [0.1, 0.15) is 0 Å². The average Bonchev–Trinajstić information content (AvgIpc) is 2.81. The Bertz CT molecular complexity index is 501. The molecular formula is C10H10BF3N3O-. The van der Waals surface area contributed by atoms with Crippen molar-refractivity contribution < 1.29 is 17.7 Å². The quantitative estimate of drug-likeness (QED) is 0.759. The van der Waals surface area contributed by atoms with E-state index in [4.69, 9.17) is 4.74 Å². The molecule has 0 unspecified atom stereocenters. The van der Waals surface area contributed by atoms with E-state index in [1.807, 2.05) is 0 Å². The number of nitrogens with zero attached hydrogens (tertiary/aromatic N) is 3. The molecule has 18 heavy (non-hydrogen) atoms. The van der Waals surface area contributed by atoms with Crippen molar-refractivity contribution in [3.63, 3.8) is 0 Å². The Hall–Kier alpha value is -1.99. The van der Waals surface area contributed by atoms with Gasteiger partial charge < -0.3 is 17.7 Å². The van der Waals surface area contributed by atoms with Crippen LogP contribution in [0.5, 0.6) is 5.75 Å². The number of halogens is 3. The molecule has 96 valence electrons. The molecule has 0 fully saturated rings. The Morgan fingerprint density at radius 1 is 1.28 bits per heavy atom. The van der Waals surface area contributed by atoms with Crippen LogP contribution in [0.15, 0.2) is 36.9 Å². The summed E-state index contributed by atoms with van der Waals surface area (Å²) in [6, 6.07) is 2.71. The van der Waals surface area contributed by atoms with Crippen molar-refractivity contribution in [2.45, 2.75) is 6.54 Å². The van der Waals surface area contributed by atoms with E-state index >= 15 is 0 Å². The monoisotopic (exact) mass is 256 g/mol. The second-order valence-electron chi connectivity index (χ2n) is 3.65. The molecule has 2 aromatic heterocycles. The minimum Gasteiger partial charge on any atom is -0.490 e. The fourth-order valence-electron chi connectivity index (χ4n) is 1.38. The topological polar surface area (TPSA) is 39.9 Å². The number of aromatic nitrogens is 3. The lowest BCUT2D eigenvalue weighted by Crippen LogP contribution is -2.34. The minimum absolute atomic E-state index is 0.110. The molecule has 2 rings (SSSR count). The smallest absolute Gasteiger partial charge is 0.490 e. The highest BCUT2D eigenvalue weighted by atomic mass is 19.4. The summed E-state index contributed by atoms with van der Waals surface area (Å²) >= 11 is 0. The lowest BCUT2D eigenvalue weighted by molar-refractivity contribution is 0.290. The van der Waals surface area contributed by atoms with Gasteiger partial charge in [-0.15, -0.1) is 0 Å². The molecule has 0 spiro atoms. The van der Waals surface area contributed by atoms with E-state index < -0.39 is 12.4 Å². The first kappa shape index (κ1) is 12.5. The summed E-state index contributed by atoms with van der Waals surface area (Å²) < 4.78 is 44.2. The first-order valence-corrected chi connectivity index (χ1v) is 5.31. The summed E-state index contributed by atoms with van der Waals surface area (Å²) in [5, 5.41) is 3.95. The molecule has 0 bridgehead atoms. The van der Waals surface area contributed by atoms with Crippen molar-refractivity contribution in [1.82, 2.24) is 14.8 Å². The number of ether oxygens (including phenoxy) is 1. The van der Waals surface area contributed by atoms with Crippen molar-refractivity contribution in [2.24, 2.45) is 0 Å². The Morgan fingerprint density at radius 2 is 2.11 bits per heavy atom. The van der Waals surface area contributed by atoms with Crippen LogP contribution in [0.25, 0.3) is 0 Å². The lowest BCUT2D eigenvalue weighted by atomic mass is 9.81. The van der Waals surface area contributed by atoms with Gasteiger partial charge in [0.1, 0.15) is 12.4 Å². The molecule has 0 aliphatic rings. The van der Waals surface area contributed by atoms with E-state index in [1.54, 1.807) is 23.1 Å². The van der Waals surface area contributed by atoms with Crippen molar-refractivity contribution >= 4 is 12.4 Å². The first-order valence-electron chi connectivity index (χ1n) is 5.31. The van der Waals surface area contributed by atoms with Gasteiger partial charge in [-0.1, -0.05) is 5.46 Å². The predicted molar refractivity (Wildman–Crippen MR) is 60.7 cm³/mol. The number of rotatable bonds is 5. The highest BCUT2D eigenvalue weighted by Gasteiger charge is 2.26. The van der Waals surface area contributed by atoms with Crippen LogP contribution < -0.4 is 10.2 Å². The molecule has 0 aromatic carbocycles. The highest BCUT2D eigenvalue weighted by molar-refractivity contribution is 6.73. The Kier molecular flexibility index (Phi) is 3.54. The van der Waals surface area contributed by atoms with Gasteiger partial charge in [0.05, 0.1) is 12.7 Å². The van der Waals surface area contributed by atoms with E-state index in [9.17, 15) is 12.9 Å². The fraction of sp³-hybridized carbons (Fsp3) is 0.200. The molecule has 2 heterocycles. The van der Waals surface area contributed by atoms with Crippen LogP contribution in [0.4, 0.5) is 12.9 Å². The van der Waals surface area contributed by atoms with E-state index in [0.717, 1.165) is 12.3 Å². The summed E-state index contributed by atoms with van der Waals surface area (Å²) in [4.78, 5) is 3.51. The normalized spacial score (nSPS) is 11.5. The second kappa shape index (κ2) is 5.11. The number of hydrogen-bond donors (Lipinski definition) is 0. The third-order valence-electron chi connectivity index (χ3n) is 2.26. The summed E-state index contributed by atoms with van der Waals surface area (Å²) in [6.07, 6.45) is 5.42. The maximum Gasteiger partial charge on any atom is 0.511 e. The third kappa shape index (κ3) is 3.25. The predicted octanol–water partition coefficient (Wildman–Crippen LogP) is 1.41. The molecule has 0 atom stereocenters. The van der Waals surface area contributed by atoms with Gasteiger partial charge in [0.15, 0.2) is 0 Å². The molecule has 0 amide bonds. The van der Waals surface area contributed by atoms with Crippen molar-refractivity contribution in [3.8, 4) is 5.75 Å². The molecule has 0 saturated carbocycles. The third-order valence-corrected chi connectivity index (χ3v) is 2.26. The second-order valence-corrected chi connectivity index (χ2v) is 3.65. The molecule has 2 aromatic rings. The average molecular weight is 256 g/mol. The molecule has 4 nitrogen and oxygen atoms in total. The van der Waals surface area contributed by atoms with Gasteiger partial charge >= 0.3 is 6.98 Å². The zero-order valence-electron chi connectivity index (χ0n) is 9.34. The fourth-order valence-corrected chi connectivity index (χ4v) is 1.38. The Balaban J connectivity index is 1.93. The van der Waals surface area contributed by atoms with Crippen LogP contribution in [0.2, 0.25) is 0 Å². The van der Waals surface area contributed by atoms with Crippen molar-refractivity contribution in [1.29, 1.82) is 0 Å². The van der Waals surface area contributed by atoms with E-state index in [2.05, 4.69) is 10.1 Å². The Morgan fingerprint density at radius 3 is 2.78 bits per heavy atom. The van der Waals surface area contributed by atoms with E-state index in [0.29, 0.717) is 6.54 Å². The maximum absolute atomic E-state index is 12.5. The summed E-state index contributed by atoms with van der Waals surface area (Å²) in [7, 11) is 0. The van der Waals surface area contributed by atoms with Crippen molar-refractivity contribution in [2.75, 3.05) is 6.61 Å². The standard InChI is InChI=1S/C10H10BF3N3O/c12-11(13,14)9-6-10(8-15-7-9)18-5-4-17-3-1-2-16-17/h1-3,6-8H,4-5H2/q-1. The van der Waals surface area contributed by atoms with Gasteiger partial charge in [0, 0.05) is 18.6 Å². The van der Waals surface area contributed by atoms with Gasteiger partial charge in [-0.25, -0.2) is 0 Å². The van der Waals surface area contributed by atoms with E-state index in [1.165, 1.54) is 6.20 Å². The van der Waals surface area contributed by atoms with Gasteiger partial charge in [-0.3, -0.25) is 9.67 Å². The number of hydrogen-bond acceptors (Lipinski definition) is 3. The summed E-state index contributed by atoms with van der Waals surface area (Å²) in [5.74, 6) is 0.110. The van der Waals surface area contributed by atoms with Crippen LogP contribution in [0, 0.1) is 0 Å². The van der Waals surface area contributed by atoms with Gasteiger partial charge in [0.25, 0.3) is 0 Å². The molecule has 8 heteroatoms. The largest absolute Gasteiger partial charge is 0.511 e. The molecule has 0 radical (unpaired) electrons. The van der Waals surface area contributed by atoms with E-state index in [-0.39, 0.29) is 12.4 Å². The van der Waals surface area contributed by atoms with Crippen LogP contribution in [-0.2, 0) is 6.54 Å². The van der Waals surface area contributed by atoms with Gasteiger partial charge in [-0.05, 0) is 12.1 Å². The number of pyridine rings is 1. The Labute approximate surface area is 101 Å².